The van der Waals surface area contributed by atoms with Crippen molar-refractivity contribution < 1.29 is 9.21 Å². The monoisotopic (exact) mass is 437 g/mol. The number of carbonyl (C=O) groups excluding carboxylic acids is 1. The molecule has 8 heteroatoms. The maximum Gasteiger partial charge on any atom is 0.420 e. The van der Waals surface area contributed by atoms with Gasteiger partial charge in [-0.3, -0.25) is 9.36 Å². The second-order valence-corrected chi connectivity index (χ2v) is 7.97. The number of nitrogens with zero attached hydrogens (tertiary/aromatic N) is 3. The number of oxazole rings is 1. The van der Waals surface area contributed by atoms with Gasteiger partial charge in [-0.1, -0.05) is 30.3 Å². The first kappa shape index (κ1) is 19.2. The van der Waals surface area contributed by atoms with Crippen molar-refractivity contribution in [3.63, 3.8) is 0 Å². The lowest BCUT2D eigenvalue weighted by Gasteiger charge is -2.10. The largest absolute Gasteiger partial charge is 0.420 e. The van der Waals surface area contributed by atoms with Crippen LogP contribution in [-0.4, -0.2) is 32.0 Å². The Morgan fingerprint density at radius 3 is 2.85 bits per heavy atom. The van der Waals surface area contributed by atoms with Crippen molar-refractivity contribution in [2.45, 2.75) is 13.0 Å². The molecule has 33 heavy (non-hydrogen) atoms. The summed E-state index contributed by atoms with van der Waals surface area (Å²) in [5, 5.41) is 2.86. The van der Waals surface area contributed by atoms with Gasteiger partial charge in [0, 0.05) is 30.4 Å². The van der Waals surface area contributed by atoms with E-state index in [2.05, 4.69) is 15.3 Å². The molecule has 0 atom stereocenters. The number of H-pyrrole nitrogens is 1. The molecular formula is C25H19N5O3. The van der Waals surface area contributed by atoms with Crippen molar-refractivity contribution in [3.05, 3.63) is 94.2 Å². The van der Waals surface area contributed by atoms with Crippen LogP contribution in [0.25, 0.3) is 33.9 Å². The first-order valence-corrected chi connectivity index (χ1v) is 10.7. The Morgan fingerprint density at radius 2 is 1.94 bits per heavy atom. The SMILES string of the molecule is O=C1NCCc2[nH]c(-c3ccnc(-c4cccc(Cn5c(=O)oc6ccccc65)c4)n3)cc21. The van der Waals surface area contributed by atoms with Crippen LogP contribution in [0.15, 0.2) is 76.1 Å². The Kier molecular flexibility index (Phi) is 4.43. The van der Waals surface area contributed by atoms with Gasteiger partial charge in [0.25, 0.3) is 5.91 Å². The normalized spacial score (nSPS) is 13.2. The van der Waals surface area contributed by atoms with Crippen LogP contribution in [-0.2, 0) is 13.0 Å². The Morgan fingerprint density at radius 1 is 1.03 bits per heavy atom. The maximum absolute atomic E-state index is 12.3. The summed E-state index contributed by atoms with van der Waals surface area (Å²) < 4.78 is 6.96. The molecule has 2 aromatic carbocycles. The number of amides is 1. The van der Waals surface area contributed by atoms with Crippen molar-refractivity contribution in [2.24, 2.45) is 0 Å². The van der Waals surface area contributed by atoms with E-state index >= 15 is 0 Å². The fourth-order valence-corrected chi connectivity index (χ4v) is 4.23. The van der Waals surface area contributed by atoms with Gasteiger partial charge >= 0.3 is 5.76 Å². The van der Waals surface area contributed by atoms with Gasteiger partial charge in [0.2, 0.25) is 0 Å². The molecule has 0 aliphatic carbocycles. The summed E-state index contributed by atoms with van der Waals surface area (Å²) >= 11 is 0. The average molecular weight is 437 g/mol. The first-order chi connectivity index (χ1) is 16.2. The lowest BCUT2D eigenvalue weighted by Crippen LogP contribution is -2.31. The highest BCUT2D eigenvalue weighted by atomic mass is 16.4. The van der Waals surface area contributed by atoms with Crippen LogP contribution in [0.5, 0.6) is 0 Å². The predicted molar refractivity (Wildman–Crippen MR) is 123 cm³/mol. The van der Waals surface area contributed by atoms with E-state index in [0.29, 0.717) is 35.8 Å². The number of para-hydroxylation sites is 2. The van der Waals surface area contributed by atoms with Crippen LogP contribution in [0.3, 0.4) is 0 Å². The summed E-state index contributed by atoms with van der Waals surface area (Å²) in [5.41, 5.74) is 6.18. The molecule has 0 bridgehead atoms. The van der Waals surface area contributed by atoms with Gasteiger partial charge in [0.1, 0.15) is 0 Å². The molecule has 4 heterocycles. The van der Waals surface area contributed by atoms with Gasteiger partial charge < -0.3 is 14.7 Å². The highest BCUT2D eigenvalue weighted by Crippen LogP contribution is 2.25. The van der Waals surface area contributed by atoms with Crippen LogP contribution in [0.1, 0.15) is 21.6 Å². The summed E-state index contributed by atoms with van der Waals surface area (Å²) in [5.74, 6) is 0.109. The fourth-order valence-electron chi connectivity index (χ4n) is 4.23. The van der Waals surface area contributed by atoms with Crippen molar-refractivity contribution >= 4 is 17.0 Å². The van der Waals surface area contributed by atoms with E-state index in [1.165, 1.54) is 0 Å². The molecule has 5 aromatic rings. The zero-order valence-corrected chi connectivity index (χ0v) is 17.5. The zero-order valence-electron chi connectivity index (χ0n) is 17.5. The van der Waals surface area contributed by atoms with Gasteiger partial charge in [-0.05, 0) is 35.9 Å². The molecule has 0 radical (unpaired) electrons. The number of aromatic amines is 1. The number of fused-ring (bicyclic) bond motifs is 2. The number of nitrogens with one attached hydrogen (secondary N) is 2. The number of benzene rings is 2. The fraction of sp³-hybridized carbons (Fsp3) is 0.120. The third kappa shape index (κ3) is 3.41. The second kappa shape index (κ2) is 7.59. The third-order valence-electron chi connectivity index (χ3n) is 5.84. The zero-order chi connectivity index (χ0) is 22.4. The molecule has 162 valence electrons. The molecule has 0 saturated heterocycles. The number of carbonyl (C=O) groups is 1. The number of hydrogen-bond acceptors (Lipinski definition) is 5. The quantitative estimate of drug-likeness (QED) is 0.448. The van der Waals surface area contributed by atoms with Gasteiger partial charge in [0.15, 0.2) is 11.4 Å². The van der Waals surface area contributed by atoms with E-state index in [-0.39, 0.29) is 11.7 Å². The molecule has 0 spiro atoms. The van der Waals surface area contributed by atoms with Gasteiger partial charge in [0.05, 0.1) is 29.0 Å². The van der Waals surface area contributed by atoms with E-state index in [4.69, 9.17) is 9.40 Å². The summed E-state index contributed by atoms with van der Waals surface area (Å²) in [6.07, 6.45) is 2.47. The highest BCUT2D eigenvalue weighted by Gasteiger charge is 2.20. The Hall–Kier alpha value is -4.46. The van der Waals surface area contributed by atoms with Crippen LogP contribution in [0.4, 0.5) is 0 Å². The van der Waals surface area contributed by atoms with Crippen molar-refractivity contribution in [2.75, 3.05) is 6.54 Å². The maximum atomic E-state index is 12.3. The average Bonchev–Trinajstić information content (AvgIpc) is 3.42. The molecule has 1 amide bonds. The van der Waals surface area contributed by atoms with Crippen LogP contribution < -0.4 is 11.1 Å². The molecule has 0 fully saturated rings. The van der Waals surface area contributed by atoms with Crippen molar-refractivity contribution in [3.8, 4) is 22.8 Å². The first-order valence-electron chi connectivity index (χ1n) is 10.7. The standard InChI is InChI=1S/C25H19N5O3/c31-24-17-13-20(28-18(17)8-11-27-24)19-9-10-26-23(29-19)16-5-3-4-15(12-16)14-30-21-6-1-2-7-22(21)33-25(30)32/h1-7,9-10,12-13,28H,8,11,14H2,(H,27,31). The molecule has 8 nitrogen and oxygen atoms in total. The molecule has 0 unspecified atom stereocenters. The highest BCUT2D eigenvalue weighted by molar-refractivity contribution is 5.97. The molecule has 3 aromatic heterocycles. The smallest absolute Gasteiger partial charge is 0.408 e. The number of aromatic nitrogens is 4. The molecule has 1 aliphatic rings. The van der Waals surface area contributed by atoms with E-state index in [1.54, 1.807) is 16.8 Å². The molecule has 0 saturated carbocycles. The predicted octanol–water partition coefficient (Wildman–Crippen LogP) is 3.38. The Labute approximate surface area is 187 Å². The van der Waals surface area contributed by atoms with Crippen molar-refractivity contribution in [1.82, 2.24) is 24.8 Å². The van der Waals surface area contributed by atoms with Crippen LogP contribution >= 0.6 is 0 Å². The number of rotatable bonds is 4. The van der Waals surface area contributed by atoms with Crippen LogP contribution in [0, 0.1) is 0 Å². The van der Waals surface area contributed by atoms with E-state index in [9.17, 15) is 9.59 Å². The van der Waals surface area contributed by atoms with Crippen LogP contribution in [0.2, 0.25) is 0 Å². The van der Waals surface area contributed by atoms with E-state index in [0.717, 1.165) is 34.5 Å². The summed E-state index contributed by atoms with van der Waals surface area (Å²) in [7, 11) is 0. The van der Waals surface area contributed by atoms with Gasteiger partial charge in [-0.25, -0.2) is 14.8 Å². The topological polar surface area (TPSA) is 106 Å². The van der Waals surface area contributed by atoms with E-state index < -0.39 is 0 Å². The third-order valence-corrected chi connectivity index (χ3v) is 5.84. The molecule has 1 aliphatic heterocycles. The minimum absolute atomic E-state index is 0.0669. The Balaban J connectivity index is 1.34. The summed E-state index contributed by atoms with van der Waals surface area (Å²) in [4.78, 5) is 36.9. The van der Waals surface area contributed by atoms with Gasteiger partial charge in [-0.15, -0.1) is 0 Å². The number of hydrogen-bond donors (Lipinski definition) is 2. The summed E-state index contributed by atoms with van der Waals surface area (Å²) in [6.45, 7) is 1.00. The molecular weight excluding hydrogens is 418 g/mol. The van der Waals surface area contributed by atoms with Gasteiger partial charge in [-0.2, -0.15) is 0 Å². The second-order valence-electron chi connectivity index (χ2n) is 7.97. The lowest BCUT2D eigenvalue weighted by atomic mass is 10.1. The van der Waals surface area contributed by atoms with E-state index in [1.807, 2.05) is 54.6 Å². The summed E-state index contributed by atoms with van der Waals surface area (Å²) in [6, 6.07) is 18.8. The molecule has 6 rings (SSSR count). The Bertz CT molecular complexity index is 1580. The van der Waals surface area contributed by atoms with Crippen molar-refractivity contribution in [1.29, 1.82) is 0 Å². The minimum Gasteiger partial charge on any atom is -0.408 e. The lowest BCUT2D eigenvalue weighted by molar-refractivity contribution is 0.0946. The molecule has 2 N–H and O–H groups in total. The minimum atomic E-state index is -0.389.